The van der Waals surface area contributed by atoms with Crippen molar-refractivity contribution in [1.29, 1.82) is 0 Å². The van der Waals surface area contributed by atoms with Gasteiger partial charge in [-0.1, -0.05) is 30.3 Å². The number of nitrogens with one attached hydrogen (secondary N) is 1. The van der Waals surface area contributed by atoms with E-state index in [0.29, 0.717) is 16.8 Å². The number of ether oxygens (including phenoxy) is 2. The summed E-state index contributed by atoms with van der Waals surface area (Å²) in [4.78, 5) is 11.9. The molecule has 128 valence electrons. The highest BCUT2D eigenvalue weighted by Gasteiger charge is 2.25. The van der Waals surface area contributed by atoms with E-state index in [1.807, 2.05) is 0 Å². The molecular formula is C17H19NO5S. The number of carbonyl (C=O) groups is 1. The van der Waals surface area contributed by atoms with Crippen LogP contribution in [0.2, 0.25) is 0 Å². The summed E-state index contributed by atoms with van der Waals surface area (Å²) in [6.07, 6.45) is 0. The van der Waals surface area contributed by atoms with Crippen LogP contribution >= 0.6 is 0 Å². The minimum atomic E-state index is -3.97. The molecule has 0 radical (unpaired) electrons. The van der Waals surface area contributed by atoms with Gasteiger partial charge in [-0.15, -0.1) is 0 Å². The van der Waals surface area contributed by atoms with E-state index >= 15 is 0 Å². The van der Waals surface area contributed by atoms with Crippen LogP contribution in [0.5, 0.6) is 0 Å². The van der Waals surface area contributed by atoms with Crippen LogP contribution in [-0.2, 0) is 26.1 Å². The number of aryl methyl sites for hydroxylation is 1. The number of rotatable bonds is 6. The zero-order chi connectivity index (χ0) is 17.7. The van der Waals surface area contributed by atoms with Gasteiger partial charge in [-0.25, -0.2) is 13.2 Å². The lowest BCUT2D eigenvalue weighted by Crippen LogP contribution is -2.19. The first-order valence-electron chi connectivity index (χ1n) is 7.18. The molecule has 2 aromatic carbocycles. The van der Waals surface area contributed by atoms with E-state index in [2.05, 4.69) is 4.72 Å². The maximum Gasteiger partial charge on any atom is 0.339 e. The van der Waals surface area contributed by atoms with Crippen molar-refractivity contribution in [2.24, 2.45) is 0 Å². The van der Waals surface area contributed by atoms with Gasteiger partial charge in [-0.05, 0) is 24.6 Å². The molecular weight excluding hydrogens is 330 g/mol. The van der Waals surface area contributed by atoms with E-state index in [1.165, 1.54) is 20.3 Å². The summed E-state index contributed by atoms with van der Waals surface area (Å²) in [6.45, 7) is 1.92. The first kappa shape index (κ1) is 18.0. The van der Waals surface area contributed by atoms with E-state index in [0.717, 1.165) is 0 Å². The molecule has 0 unspecified atom stereocenters. The van der Waals surface area contributed by atoms with Crippen molar-refractivity contribution in [3.63, 3.8) is 0 Å². The highest BCUT2D eigenvalue weighted by Crippen LogP contribution is 2.25. The number of anilines is 1. The van der Waals surface area contributed by atoms with Crippen LogP contribution in [0.25, 0.3) is 0 Å². The average molecular weight is 349 g/mol. The zero-order valence-corrected chi connectivity index (χ0v) is 14.5. The number of hydrogen-bond donors (Lipinski definition) is 1. The summed E-state index contributed by atoms with van der Waals surface area (Å²) in [5.41, 5.74) is 1.64. The monoisotopic (exact) mass is 349 g/mol. The highest BCUT2D eigenvalue weighted by atomic mass is 32.2. The second-order valence-electron chi connectivity index (χ2n) is 5.14. The Morgan fingerprint density at radius 1 is 1.08 bits per heavy atom. The fraction of sp³-hybridized carbons (Fsp3) is 0.235. The number of benzene rings is 2. The molecule has 0 bridgehead atoms. The Morgan fingerprint density at radius 2 is 1.79 bits per heavy atom. The largest absolute Gasteiger partial charge is 0.465 e. The number of para-hydroxylation sites is 1. The first-order chi connectivity index (χ1) is 11.4. The van der Waals surface area contributed by atoms with Crippen LogP contribution in [-0.4, -0.2) is 28.6 Å². The molecule has 0 fully saturated rings. The first-order valence-corrected chi connectivity index (χ1v) is 8.66. The molecule has 0 aliphatic rings. The van der Waals surface area contributed by atoms with E-state index in [4.69, 9.17) is 9.47 Å². The highest BCUT2D eigenvalue weighted by molar-refractivity contribution is 7.92. The van der Waals surface area contributed by atoms with Crippen LogP contribution in [0.1, 0.15) is 21.5 Å². The van der Waals surface area contributed by atoms with Crippen LogP contribution < -0.4 is 4.72 Å². The fourth-order valence-corrected chi connectivity index (χ4v) is 3.70. The van der Waals surface area contributed by atoms with Gasteiger partial charge in [-0.2, -0.15) is 0 Å². The standard InChI is InChI=1S/C17H19NO5S/c1-12-7-6-10-15(16(12)17(19)23-3)24(20,21)18-14-9-5-4-8-13(14)11-22-2/h4-10,18H,11H2,1-3H3. The molecule has 0 atom stereocenters. The summed E-state index contributed by atoms with van der Waals surface area (Å²) < 4.78 is 37.9. The molecule has 2 aromatic rings. The summed E-state index contributed by atoms with van der Waals surface area (Å²) in [5, 5.41) is 0. The van der Waals surface area contributed by atoms with E-state index in [9.17, 15) is 13.2 Å². The fourth-order valence-electron chi connectivity index (χ4n) is 2.33. The van der Waals surface area contributed by atoms with Crippen LogP contribution in [0, 0.1) is 6.92 Å². The molecule has 0 spiro atoms. The second kappa shape index (κ2) is 7.46. The lowest BCUT2D eigenvalue weighted by atomic mass is 10.1. The number of carbonyl (C=O) groups excluding carboxylic acids is 1. The summed E-state index contributed by atoms with van der Waals surface area (Å²) >= 11 is 0. The number of esters is 1. The molecule has 0 saturated carbocycles. The van der Waals surface area contributed by atoms with Crippen molar-refractivity contribution in [3.8, 4) is 0 Å². The van der Waals surface area contributed by atoms with Gasteiger partial charge in [0.25, 0.3) is 10.0 Å². The molecule has 0 aliphatic carbocycles. The average Bonchev–Trinajstić information content (AvgIpc) is 2.55. The van der Waals surface area contributed by atoms with Crippen LogP contribution in [0.3, 0.4) is 0 Å². The predicted molar refractivity (Wildman–Crippen MR) is 90.5 cm³/mol. The minimum absolute atomic E-state index is 0.0247. The maximum absolute atomic E-state index is 12.8. The van der Waals surface area contributed by atoms with E-state index in [1.54, 1.807) is 43.3 Å². The van der Waals surface area contributed by atoms with Gasteiger partial charge in [-0.3, -0.25) is 4.72 Å². The summed E-state index contributed by atoms with van der Waals surface area (Å²) in [6, 6.07) is 11.5. The third-order valence-electron chi connectivity index (χ3n) is 3.48. The zero-order valence-electron chi connectivity index (χ0n) is 13.7. The van der Waals surface area contributed by atoms with E-state index in [-0.39, 0.29) is 17.1 Å². The topological polar surface area (TPSA) is 81.7 Å². The van der Waals surface area contributed by atoms with Crippen molar-refractivity contribution in [2.45, 2.75) is 18.4 Å². The Kier molecular flexibility index (Phi) is 5.58. The third-order valence-corrected chi connectivity index (χ3v) is 4.88. The van der Waals surface area contributed by atoms with Gasteiger partial charge in [0.05, 0.1) is 25.0 Å². The van der Waals surface area contributed by atoms with Gasteiger partial charge in [0.2, 0.25) is 0 Å². The molecule has 0 amide bonds. The van der Waals surface area contributed by atoms with Crippen molar-refractivity contribution in [2.75, 3.05) is 18.9 Å². The Morgan fingerprint density at radius 3 is 2.46 bits per heavy atom. The van der Waals surface area contributed by atoms with Crippen molar-refractivity contribution in [1.82, 2.24) is 0 Å². The molecule has 0 heterocycles. The number of sulfonamides is 1. The normalized spacial score (nSPS) is 11.1. The molecule has 7 heteroatoms. The second-order valence-corrected chi connectivity index (χ2v) is 6.79. The van der Waals surface area contributed by atoms with Crippen molar-refractivity contribution in [3.05, 3.63) is 59.2 Å². The summed E-state index contributed by atoms with van der Waals surface area (Å²) in [7, 11) is -1.23. The SMILES string of the molecule is COCc1ccccc1NS(=O)(=O)c1cccc(C)c1C(=O)OC. The van der Waals surface area contributed by atoms with Gasteiger partial charge in [0.15, 0.2) is 0 Å². The summed E-state index contributed by atoms with van der Waals surface area (Å²) in [5.74, 6) is -0.696. The molecule has 6 nitrogen and oxygen atoms in total. The maximum atomic E-state index is 12.8. The quantitative estimate of drug-likeness (QED) is 0.811. The third kappa shape index (κ3) is 3.74. The van der Waals surface area contributed by atoms with E-state index < -0.39 is 16.0 Å². The molecule has 2 rings (SSSR count). The molecule has 0 aliphatic heterocycles. The Labute approximate surface area is 141 Å². The van der Waals surface area contributed by atoms with Crippen molar-refractivity contribution >= 4 is 21.7 Å². The molecule has 24 heavy (non-hydrogen) atoms. The van der Waals surface area contributed by atoms with Gasteiger partial charge >= 0.3 is 5.97 Å². The van der Waals surface area contributed by atoms with Crippen LogP contribution in [0.4, 0.5) is 5.69 Å². The number of hydrogen-bond acceptors (Lipinski definition) is 5. The smallest absolute Gasteiger partial charge is 0.339 e. The Hall–Kier alpha value is -2.38. The molecule has 0 aromatic heterocycles. The molecule has 1 N–H and O–H groups in total. The van der Waals surface area contributed by atoms with Crippen LogP contribution in [0.15, 0.2) is 47.4 Å². The lowest BCUT2D eigenvalue weighted by molar-refractivity contribution is 0.0595. The van der Waals surface area contributed by atoms with Gasteiger partial charge in [0.1, 0.15) is 4.90 Å². The predicted octanol–water partition coefficient (Wildman–Crippen LogP) is 2.73. The van der Waals surface area contributed by atoms with Crippen molar-refractivity contribution < 1.29 is 22.7 Å². The minimum Gasteiger partial charge on any atom is -0.465 e. The van der Waals surface area contributed by atoms with Gasteiger partial charge in [0, 0.05) is 12.7 Å². The number of methoxy groups -OCH3 is 2. The Bertz CT molecular complexity index is 846. The lowest BCUT2D eigenvalue weighted by Gasteiger charge is -2.15. The Balaban J connectivity index is 2.50. The van der Waals surface area contributed by atoms with Gasteiger partial charge < -0.3 is 9.47 Å². The molecule has 0 saturated heterocycles.